The Hall–Kier alpha value is -1.05. The van der Waals surface area contributed by atoms with Crippen LogP contribution in [0.4, 0.5) is 0 Å². The minimum absolute atomic E-state index is 0.660. The number of rotatable bonds is 2. The molecule has 9 heavy (non-hydrogen) atoms. The molecule has 0 unspecified atom stereocenters. The summed E-state index contributed by atoms with van der Waals surface area (Å²) >= 11 is 0. The smallest absolute Gasteiger partial charge is 0.0355 e. The summed E-state index contributed by atoms with van der Waals surface area (Å²) in [5, 5.41) is 6.82. The second-order valence-corrected chi connectivity index (χ2v) is 1.78. The van der Waals surface area contributed by atoms with E-state index in [2.05, 4.69) is 0 Å². The Morgan fingerprint density at radius 2 is 2.11 bits per heavy atom. The van der Waals surface area contributed by atoms with Gasteiger partial charge in [0.25, 0.3) is 0 Å². The molecule has 0 radical (unpaired) electrons. The zero-order valence-electron chi connectivity index (χ0n) is 5.81. The second-order valence-electron chi connectivity index (χ2n) is 1.78. The molecule has 0 aliphatic carbocycles. The van der Waals surface area contributed by atoms with Gasteiger partial charge in [-0.2, -0.15) is 0 Å². The quantitative estimate of drug-likeness (QED) is 0.424. The van der Waals surface area contributed by atoms with Crippen molar-refractivity contribution in [3.8, 4) is 0 Å². The molecule has 2 heteroatoms. The van der Waals surface area contributed by atoms with Crippen molar-refractivity contribution in [1.82, 2.24) is 0 Å². The highest BCUT2D eigenvalue weighted by atomic mass is 14.6. The third-order valence-electron chi connectivity index (χ3n) is 1.02. The normalized spacial score (nSPS) is 13.6. The van der Waals surface area contributed by atoms with Gasteiger partial charge in [0.05, 0.1) is 0 Å². The van der Waals surface area contributed by atoms with Crippen LogP contribution in [0.15, 0.2) is 23.4 Å². The summed E-state index contributed by atoms with van der Waals surface area (Å²) in [6, 6.07) is 0. The summed E-state index contributed by atoms with van der Waals surface area (Å²) in [6.07, 6.45) is 4.87. The van der Waals surface area contributed by atoms with Crippen LogP contribution >= 0.6 is 0 Å². The summed E-state index contributed by atoms with van der Waals surface area (Å²) in [5.74, 6) is 0. The molecule has 0 saturated carbocycles. The number of hydrogen-bond acceptors (Lipinski definition) is 2. The maximum atomic E-state index is 6.82. The van der Waals surface area contributed by atoms with Crippen LogP contribution in [0.25, 0.3) is 0 Å². The van der Waals surface area contributed by atoms with Gasteiger partial charge >= 0.3 is 0 Å². The van der Waals surface area contributed by atoms with Crippen molar-refractivity contribution in [3.05, 3.63) is 23.4 Å². The fourth-order valence-corrected chi connectivity index (χ4v) is 0.394. The summed E-state index contributed by atoms with van der Waals surface area (Å²) in [7, 11) is 0. The molecule has 0 saturated heterocycles. The van der Waals surface area contributed by atoms with Gasteiger partial charge in [0.15, 0.2) is 0 Å². The molecule has 0 aromatic heterocycles. The highest BCUT2D eigenvalue weighted by Crippen LogP contribution is 1.94. The first kappa shape index (κ1) is 7.95. The first-order chi connectivity index (χ1) is 4.22. The van der Waals surface area contributed by atoms with Gasteiger partial charge in [-0.3, -0.25) is 0 Å². The third-order valence-corrected chi connectivity index (χ3v) is 1.02. The van der Waals surface area contributed by atoms with Crippen molar-refractivity contribution in [2.24, 2.45) is 5.73 Å². The van der Waals surface area contributed by atoms with E-state index < -0.39 is 0 Å². The lowest BCUT2D eigenvalue weighted by Gasteiger charge is -1.93. The van der Waals surface area contributed by atoms with Crippen molar-refractivity contribution >= 4 is 6.21 Å². The van der Waals surface area contributed by atoms with Crippen molar-refractivity contribution in [1.29, 1.82) is 5.41 Å². The molecule has 0 aliphatic heterocycles. The van der Waals surface area contributed by atoms with Crippen molar-refractivity contribution in [2.45, 2.75) is 13.8 Å². The summed E-state index contributed by atoms with van der Waals surface area (Å²) in [6.45, 7) is 3.70. The Morgan fingerprint density at radius 3 is 2.44 bits per heavy atom. The fraction of sp³-hybridized carbons (Fsp3) is 0.286. The number of nitrogens with two attached hydrogens (primary N) is 1. The largest absolute Gasteiger partial charge is 0.398 e. The first-order valence-electron chi connectivity index (χ1n) is 2.82. The maximum Gasteiger partial charge on any atom is 0.0355 e. The SMILES string of the molecule is C/C=C\C(N)=C(C)C=N. The molecule has 50 valence electrons. The molecule has 0 spiro atoms. The van der Waals surface area contributed by atoms with E-state index in [0.29, 0.717) is 5.70 Å². The Labute approximate surface area is 55.6 Å². The van der Waals surface area contributed by atoms with Crippen molar-refractivity contribution in [3.63, 3.8) is 0 Å². The van der Waals surface area contributed by atoms with Crippen LogP contribution in [0.2, 0.25) is 0 Å². The molecule has 0 heterocycles. The zero-order valence-corrected chi connectivity index (χ0v) is 5.81. The highest BCUT2D eigenvalue weighted by molar-refractivity contribution is 5.76. The van der Waals surface area contributed by atoms with Crippen LogP contribution in [0.5, 0.6) is 0 Å². The predicted molar refractivity (Wildman–Crippen MR) is 40.5 cm³/mol. The summed E-state index contributed by atoms with van der Waals surface area (Å²) in [5.41, 5.74) is 6.94. The Kier molecular flexibility index (Phi) is 3.44. The van der Waals surface area contributed by atoms with Gasteiger partial charge in [-0.25, -0.2) is 0 Å². The maximum absolute atomic E-state index is 6.82. The minimum atomic E-state index is 0.660. The van der Waals surface area contributed by atoms with Crippen LogP contribution in [-0.2, 0) is 0 Å². The average molecular weight is 124 g/mol. The molecule has 0 aromatic rings. The third kappa shape index (κ3) is 2.69. The Bertz CT molecular complexity index is 154. The molecular weight excluding hydrogens is 112 g/mol. The van der Waals surface area contributed by atoms with Crippen LogP contribution in [0.1, 0.15) is 13.8 Å². The van der Waals surface area contributed by atoms with Gasteiger partial charge in [-0.05, 0) is 25.5 Å². The van der Waals surface area contributed by atoms with E-state index in [-0.39, 0.29) is 0 Å². The molecule has 0 amide bonds. The topological polar surface area (TPSA) is 49.9 Å². The van der Waals surface area contributed by atoms with E-state index in [1.165, 1.54) is 6.21 Å². The van der Waals surface area contributed by atoms with E-state index >= 15 is 0 Å². The lowest BCUT2D eigenvalue weighted by molar-refractivity contribution is 1.34. The molecule has 3 N–H and O–H groups in total. The monoisotopic (exact) mass is 124 g/mol. The zero-order chi connectivity index (χ0) is 7.28. The number of nitrogens with one attached hydrogen (secondary N) is 1. The minimum Gasteiger partial charge on any atom is -0.398 e. The molecule has 0 bridgehead atoms. The molecular formula is C7H12N2. The number of allylic oxidation sites excluding steroid dienone is 3. The molecule has 0 aromatic carbocycles. The Morgan fingerprint density at radius 1 is 1.56 bits per heavy atom. The highest BCUT2D eigenvalue weighted by Gasteiger charge is 1.85. The van der Waals surface area contributed by atoms with Crippen LogP contribution in [-0.4, -0.2) is 6.21 Å². The summed E-state index contributed by atoms with van der Waals surface area (Å²) < 4.78 is 0. The predicted octanol–water partition coefficient (Wildman–Crippen LogP) is 1.44. The first-order valence-corrected chi connectivity index (χ1v) is 2.82. The lowest BCUT2D eigenvalue weighted by atomic mass is 10.2. The van der Waals surface area contributed by atoms with E-state index in [4.69, 9.17) is 11.1 Å². The van der Waals surface area contributed by atoms with E-state index in [9.17, 15) is 0 Å². The fourth-order valence-electron chi connectivity index (χ4n) is 0.394. The lowest BCUT2D eigenvalue weighted by Crippen LogP contribution is -1.97. The van der Waals surface area contributed by atoms with Crippen molar-refractivity contribution in [2.75, 3.05) is 0 Å². The van der Waals surface area contributed by atoms with Crippen molar-refractivity contribution < 1.29 is 0 Å². The van der Waals surface area contributed by atoms with E-state index in [0.717, 1.165) is 5.57 Å². The van der Waals surface area contributed by atoms with E-state index in [1.807, 2.05) is 19.9 Å². The average Bonchev–Trinajstić information content (AvgIpc) is 1.87. The molecule has 0 atom stereocenters. The Balaban J connectivity index is 4.27. The van der Waals surface area contributed by atoms with E-state index in [1.54, 1.807) is 6.08 Å². The number of hydrogen-bond donors (Lipinski definition) is 2. The van der Waals surface area contributed by atoms with Gasteiger partial charge in [-0.15, -0.1) is 0 Å². The second kappa shape index (κ2) is 3.89. The summed E-state index contributed by atoms with van der Waals surface area (Å²) in [4.78, 5) is 0. The molecule has 0 aliphatic rings. The van der Waals surface area contributed by atoms with Gasteiger partial charge in [0.1, 0.15) is 0 Å². The standard InChI is InChI=1S/C7H12N2/c1-3-4-7(9)6(2)5-8/h3-5,8H,9H2,1-2H3/b4-3-,7-6?,8-5?. The van der Waals surface area contributed by atoms with Crippen LogP contribution in [0, 0.1) is 5.41 Å². The molecule has 0 rings (SSSR count). The van der Waals surface area contributed by atoms with Crippen LogP contribution in [0.3, 0.4) is 0 Å². The molecule has 2 nitrogen and oxygen atoms in total. The van der Waals surface area contributed by atoms with Gasteiger partial charge in [-0.1, -0.05) is 6.08 Å². The molecule has 0 fully saturated rings. The van der Waals surface area contributed by atoms with Gasteiger partial charge < -0.3 is 11.1 Å². The van der Waals surface area contributed by atoms with Crippen LogP contribution < -0.4 is 5.73 Å². The van der Waals surface area contributed by atoms with Gasteiger partial charge in [0.2, 0.25) is 0 Å². The van der Waals surface area contributed by atoms with Gasteiger partial charge in [0, 0.05) is 11.9 Å².